The Hall–Kier alpha value is -3.31. The number of hydrogen-bond acceptors (Lipinski definition) is 5. The van der Waals surface area contributed by atoms with Crippen LogP contribution in [-0.4, -0.2) is 19.0 Å². The van der Waals surface area contributed by atoms with Crippen LogP contribution in [0, 0.1) is 0 Å². The second-order valence-corrected chi connectivity index (χ2v) is 7.20. The molecule has 146 valence electrons. The quantitative estimate of drug-likeness (QED) is 0.370. The second-order valence-electron chi connectivity index (χ2n) is 6.76. The van der Waals surface area contributed by atoms with E-state index < -0.39 is 0 Å². The van der Waals surface area contributed by atoms with Crippen LogP contribution in [0.4, 0.5) is 5.69 Å². The lowest BCUT2D eigenvalue weighted by molar-refractivity contribution is 0.414. The zero-order chi connectivity index (χ0) is 20.2. The lowest BCUT2D eigenvalue weighted by Crippen LogP contribution is -2.18. The Morgan fingerprint density at radius 1 is 1.03 bits per heavy atom. The molecule has 3 aromatic rings. The molecule has 4 rings (SSSR count). The molecule has 2 N–H and O–H groups in total. The number of rotatable bonds is 5. The maximum atomic E-state index is 6.05. The van der Waals surface area contributed by atoms with Crippen LogP contribution < -0.4 is 15.6 Å². The van der Waals surface area contributed by atoms with Crippen LogP contribution in [0.5, 0.6) is 5.75 Å². The molecule has 0 saturated carbocycles. The van der Waals surface area contributed by atoms with E-state index in [-0.39, 0.29) is 6.04 Å². The largest absolute Gasteiger partial charge is 0.497 e. The average molecular weight is 405 g/mol. The zero-order valence-electron chi connectivity index (χ0n) is 16.0. The first-order valence-electron chi connectivity index (χ1n) is 9.28. The van der Waals surface area contributed by atoms with Crippen LogP contribution >= 0.6 is 11.6 Å². The monoisotopic (exact) mass is 404 g/mol. The fourth-order valence-electron chi connectivity index (χ4n) is 3.45. The van der Waals surface area contributed by atoms with Crippen LogP contribution in [0.1, 0.15) is 29.2 Å². The summed E-state index contributed by atoms with van der Waals surface area (Å²) in [5, 5.41) is 11.3. The lowest BCUT2D eigenvalue weighted by atomic mass is 9.98. The number of halogens is 1. The van der Waals surface area contributed by atoms with Gasteiger partial charge in [0, 0.05) is 11.4 Å². The molecule has 0 amide bonds. The number of hydrazone groups is 2. The summed E-state index contributed by atoms with van der Waals surface area (Å²) in [5.74, 6) is 6.09. The number of anilines is 1. The van der Waals surface area contributed by atoms with Crippen molar-refractivity contribution < 1.29 is 4.74 Å². The number of methoxy groups -OCH3 is 1. The Bertz CT molecular complexity index is 1030. The van der Waals surface area contributed by atoms with E-state index in [9.17, 15) is 0 Å². The highest BCUT2D eigenvalue weighted by molar-refractivity contribution is 6.30. The van der Waals surface area contributed by atoms with Crippen molar-refractivity contribution in [1.29, 1.82) is 0 Å². The fraction of sp³-hybridized carbons (Fsp3) is 0.130. The van der Waals surface area contributed by atoms with Crippen molar-refractivity contribution in [3.05, 3.63) is 94.5 Å². The predicted octanol–water partition coefficient (Wildman–Crippen LogP) is 5.00. The van der Waals surface area contributed by atoms with Gasteiger partial charge < -0.3 is 10.6 Å². The summed E-state index contributed by atoms with van der Waals surface area (Å²) in [6.45, 7) is 0. The highest BCUT2D eigenvalue weighted by Crippen LogP contribution is 2.37. The molecule has 0 saturated heterocycles. The first-order chi connectivity index (χ1) is 14.2. The summed E-state index contributed by atoms with van der Waals surface area (Å²) in [7, 11) is 1.67. The van der Waals surface area contributed by atoms with Crippen molar-refractivity contribution >= 4 is 29.2 Å². The zero-order valence-corrected chi connectivity index (χ0v) is 16.8. The maximum absolute atomic E-state index is 6.05. The summed E-state index contributed by atoms with van der Waals surface area (Å²) >= 11 is 6.05. The van der Waals surface area contributed by atoms with Gasteiger partial charge in [0.25, 0.3) is 0 Å². The summed E-state index contributed by atoms with van der Waals surface area (Å²) in [6.07, 6.45) is 2.41. The van der Waals surface area contributed by atoms with Crippen molar-refractivity contribution in [3.8, 4) is 5.75 Å². The molecule has 0 bridgehead atoms. The summed E-state index contributed by atoms with van der Waals surface area (Å²) in [5.41, 5.74) is 5.21. The number of nitrogens with zero attached hydrogens (tertiary/aromatic N) is 3. The Kier molecular flexibility index (Phi) is 5.49. The molecule has 6 heteroatoms. The minimum Gasteiger partial charge on any atom is -0.497 e. The summed E-state index contributed by atoms with van der Waals surface area (Å²) in [4.78, 5) is 0. The molecule has 0 fully saturated rings. The van der Waals surface area contributed by atoms with E-state index in [0.29, 0.717) is 5.02 Å². The molecular formula is C23H21ClN4O. The van der Waals surface area contributed by atoms with Gasteiger partial charge in [-0.3, -0.25) is 5.01 Å². The van der Waals surface area contributed by atoms with Gasteiger partial charge in [0.1, 0.15) is 5.75 Å². The van der Waals surface area contributed by atoms with Gasteiger partial charge in [-0.15, -0.1) is 0 Å². The molecule has 1 atom stereocenters. The van der Waals surface area contributed by atoms with E-state index in [1.807, 2.05) is 60.7 Å². The second kappa shape index (κ2) is 8.37. The smallest absolute Gasteiger partial charge is 0.118 e. The Labute approximate surface area is 175 Å². The molecule has 1 heterocycles. The van der Waals surface area contributed by atoms with Crippen molar-refractivity contribution in [1.82, 2.24) is 0 Å². The Morgan fingerprint density at radius 2 is 1.72 bits per heavy atom. The van der Waals surface area contributed by atoms with E-state index in [4.69, 9.17) is 27.3 Å². The van der Waals surface area contributed by atoms with E-state index >= 15 is 0 Å². The Morgan fingerprint density at radius 3 is 2.34 bits per heavy atom. The fourth-order valence-corrected chi connectivity index (χ4v) is 3.58. The van der Waals surface area contributed by atoms with Gasteiger partial charge >= 0.3 is 0 Å². The van der Waals surface area contributed by atoms with Gasteiger partial charge in [0.2, 0.25) is 0 Å². The summed E-state index contributed by atoms with van der Waals surface area (Å²) < 4.78 is 5.30. The van der Waals surface area contributed by atoms with Gasteiger partial charge in [-0.05, 0) is 53.1 Å². The van der Waals surface area contributed by atoms with E-state index in [1.54, 1.807) is 13.3 Å². The maximum Gasteiger partial charge on any atom is 0.118 e. The van der Waals surface area contributed by atoms with Gasteiger partial charge in [-0.25, -0.2) is 0 Å². The topological polar surface area (TPSA) is 63.2 Å². The van der Waals surface area contributed by atoms with Crippen molar-refractivity contribution in [2.75, 3.05) is 12.1 Å². The number of benzene rings is 3. The molecule has 3 aromatic carbocycles. The van der Waals surface area contributed by atoms with Crippen molar-refractivity contribution in [2.24, 2.45) is 16.0 Å². The minimum atomic E-state index is 0.0839. The van der Waals surface area contributed by atoms with Gasteiger partial charge in [-0.1, -0.05) is 48.0 Å². The van der Waals surface area contributed by atoms with Crippen LogP contribution in [0.15, 0.2) is 83.0 Å². The molecule has 5 nitrogen and oxygen atoms in total. The first-order valence-corrected chi connectivity index (χ1v) is 9.65. The normalized spacial score (nSPS) is 16.3. The standard InChI is InChI=1S/C23H21ClN4O/c1-29-21-12-6-18(7-13-21)23-14-22(17-4-8-19(24)9-5-17)27-28(23)20-10-2-16(3-11-20)15-26-25/h2-13,15,23H,14,25H2,1H3/b26-15-/t23-/m1/s1. The predicted molar refractivity (Wildman–Crippen MR) is 119 cm³/mol. The third-order valence-corrected chi connectivity index (χ3v) is 5.22. The van der Waals surface area contributed by atoms with Crippen LogP contribution in [0.2, 0.25) is 5.02 Å². The number of hydrogen-bond donors (Lipinski definition) is 1. The van der Waals surface area contributed by atoms with Crippen LogP contribution in [-0.2, 0) is 0 Å². The van der Waals surface area contributed by atoms with Crippen LogP contribution in [0.3, 0.4) is 0 Å². The molecule has 0 spiro atoms. The third kappa shape index (κ3) is 4.10. The SMILES string of the molecule is COc1ccc([C@H]2CC(c3ccc(Cl)cc3)=NN2c2ccc(/C=N\N)cc2)cc1. The van der Waals surface area contributed by atoms with Gasteiger partial charge in [0.15, 0.2) is 0 Å². The number of ether oxygens (including phenoxy) is 1. The van der Waals surface area contributed by atoms with E-state index in [1.165, 1.54) is 5.56 Å². The summed E-state index contributed by atoms with van der Waals surface area (Å²) in [6, 6.07) is 24.1. The minimum absolute atomic E-state index is 0.0839. The van der Waals surface area contributed by atoms with Crippen molar-refractivity contribution in [2.45, 2.75) is 12.5 Å². The Balaban J connectivity index is 1.71. The van der Waals surface area contributed by atoms with E-state index in [0.717, 1.165) is 34.7 Å². The molecule has 1 aliphatic rings. The molecule has 0 aromatic heterocycles. The van der Waals surface area contributed by atoms with Gasteiger partial charge in [-0.2, -0.15) is 10.2 Å². The highest BCUT2D eigenvalue weighted by atomic mass is 35.5. The molecule has 0 radical (unpaired) electrons. The molecule has 0 unspecified atom stereocenters. The van der Waals surface area contributed by atoms with Crippen LogP contribution in [0.25, 0.3) is 0 Å². The highest BCUT2D eigenvalue weighted by Gasteiger charge is 2.30. The molecule has 1 aliphatic heterocycles. The molecule has 0 aliphatic carbocycles. The van der Waals surface area contributed by atoms with E-state index in [2.05, 4.69) is 22.2 Å². The van der Waals surface area contributed by atoms with Crippen molar-refractivity contribution in [3.63, 3.8) is 0 Å². The molecular weight excluding hydrogens is 384 g/mol. The third-order valence-electron chi connectivity index (χ3n) is 4.97. The van der Waals surface area contributed by atoms with Gasteiger partial charge in [0.05, 0.1) is 30.8 Å². The number of nitrogens with two attached hydrogens (primary N) is 1. The average Bonchev–Trinajstić information content (AvgIpc) is 3.20. The first kappa shape index (κ1) is 19.0. The lowest BCUT2D eigenvalue weighted by Gasteiger charge is -2.24. The molecule has 29 heavy (non-hydrogen) atoms.